The number of benzene rings is 3. The van der Waals surface area contributed by atoms with Crippen LogP contribution < -0.4 is 19.5 Å². The van der Waals surface area contributed by atoms with Gasteiger partial charge in [-0.25, -0.2) is 8.42 Å². The number of hydrogen-bond acceptors (Lipinski definition) is 5. The van der Waals surface area contributed by atoms with E-state index in [1.165, 1.54) is 30.3 Å². The minimum absolute atomic E-state index is 0.111. The van der Waals surface area contributed by atoms with Crippen LogP contribution in [-0.2, 0) is 10.0 Å². The first-order valence-corrected chi connectivity index (χ1v) is 12.7. The molecule has 2 N–H and O–H groups in total. The highest BCUT2D eigenvalue weighted by molar-refractivity contribution is 7.92. The molecule has 3 aromatic rings. The summed E-state index contributed by atoms with van der Waals surface area (Å²) in [7, 11) is -3.80. The van der Waals surface area contributed by atoms with Crippen molar-refractivity contribution >= 4 is 33.2 Å². The van der Waals surface area contributed by atoms with Crippen LogP contribution in [0.2, 0.25) is 5.02 Å². The lowest BCUT2D eigenvalue weighted by Crippen LogP contribution is -2.26. The van der Waals surface area contributed by atoms with Crippen molar-refractivity contribution in [3.63, 3.8) is 0 Å². The smallest absolute Gasteiger partial charge is 0.261 e. The first kappa shape index (κ1) is 25.4. The van der Waals surface area contributed by atoms with Crippen molar-refractivity contribution in [2.24, 2.45) is 0 Å². The topological polar surface area (TPSA) is 93.7 Å². The van der Waals surface area contributed by atoms with E-state index < -0.39 is 10.0 Å². The minimum Gasteiger partial charge on any atom is -0.490 e. The summed E-state index contributed by atoms with van der Waals surface area (Å²) in [6.45, 7) is 6.65. The molecule has 0 spiro atoms. The van der Waals surface area contributed by atoms with Gasteiger partial charge in [-0.3, -0.25) is 9.52 Å². The third-order valence-electron chi connectivity index (χ3n) is 4.94. The summed E-state index contributed by atoms with van der Waals surface area (Å²) in [6, 6.07) is 17.6. The predicted molar refractivity (Wildman–Crippen MR) is 133 cm³/mol. The lowest BCUT2D eigenvalue weighted by molar-refractivity contribution is 0.0940. The molecule has 180 valence electrons. The van der Waals surface area contributed by atoms with E-state index in [9.17, 15) is 13.2 Å². The van der Waals surface area contributed by atoms with Crippen molar-refractivity contribution in [2.45, 2.75) is 31.7 Å². The molecule has 0 heterocycles. The summed E-state index contributed by atoms with van der Waals surface area (Å²) in [4.78, 5) is 12.9. The lowest BCUT2D eigenvalue weighted by Gasteiger charge is -2.18. The molecule has 0 saturated carbocycles. The average Bonchev–Trinajstić information content (AvgIpc) is 2.82. The molecular formula is C25H27ClN2O5S. The molecule has 0 aliphatic carbocycles. The summed E-state index contributed by atoms with van der Waals surface area (Å²) >= 11 is 6.29. The van der Waals surface area contributed by atoms with Crippen LogP contribution in [0.5, 0.6) is 11.5 Å². The van der Waals surface area contributed by atoms with Crippen LogP contribution in [0.4, 0.5) is 5.69 Å². The highest BCUT2D eigenvalue weighted by Gasteiger charge is 2.18. The normalized spacial score (nSPS) is 12.0. The number of nitrogens with one attached hydrogen (secondary N) is 2. The van der Waals surface area contributed by atoms with Crippen LogP contribution in [-0.4, -0.2) is 27.5 Å². The van der Waals surface area contributed by atoms with Gasteiger partial charge < -0.3 is 14.8 Å². The Balaban J connectivity index is 1.73. The molecule has 0 saturated heterocycles. The maximum absolute atomic E-state index is 12.8. The number of hydrogen-bond donors (Lipinski definition) is 2. The van der Waals surface area contributed by atoms with E-state index >= 15 is 0 Å². The van der Waals surface area contributed by atoms with E-state index in [0.29, 0.717) is 30.3 Å². The zero-order valence-corrected chi connectivity index (χ0v) is 20.7. The second kappa shape index (κ2) is 11.3. The molecular weight excluding hydrogens is 476 g/mol. The fourth-order valence-electron chi connectivity index (χ4n) is 3.24. The Labute approximate surface area is 205 Å². The number of rotatable bonds is 10. The number of sulfonamides is 1. The third-order valence-corrected chi connectivity index (χ3v) is 6.64. The van der Waals surface area contributed by atoms with Crippen LogP contribution in [0.25, 0.3) is 0 Å². The van der Waals surface area contributed by atoms with Gasteiger partial charge in [0, 0.05) is 5.56 Å². The van der Waals surface area contributed by atoms with Gasteiger partial charge >= 0.3 is 0 Å². The van der Waals surface area contributed by atoms with E-state index in [-0.39, 0.29) is 27.6 Å². The molecule has 0 bridgehead atoms. The van der Waals surface area contributed by atoms with Gasteiger partial charge in [0.25, 0.3) is 15.9 Å². The summed E-state index contributed by atoms with van der Waals surface area (Å²) in [5, 5.41) is 3.03. The van der Waals surface area contributed by atoms with Gasteiger partial charge in [0.05, 0.1) is 34.9 Å². The molecule has 34 heavy (non-hydrogen) atoms. The zero-order valence-electron chi connectivity index (χ0n) is 19.2. The van der Waals surface area contributed by atoms with E-state index in [4.69, 9.17) is 21.1 Å². The van der Waals surface area contributed by atoms with Crippen LogP contribution in [0.1, 0.15) is 42.7 Å². The van der Waals surface area contributed by atoms with Crippen molar-refractivity contribution in [3.05, 3.63) is 82.9 Å². The molecule has 1 atom stereocenters. The fraction of sp³-hybridized carbons (Fsp3) is 0.240. The van der Waals surface area contributed by atoms with Gasteiger partial charge in [0.1, 0.15) is 0 Å². The van der Waals surface area contributed by atoms with Crippen molar-refractivity contribution < 1.29 is 22.7 Å². The van der Waals surface area contributed by atoms with Gasteiger partial charge in [-0.2, -0.15) is 0 Å². The molecule has 3 aromatic carbocycles. The second-order valence-corrected chi connectivity index (χ2v) is 9.47. The summed E-state index contributed by atoms with van der Waals surface area (Å²) in [6.07, 6.45) is 0. The van der Waals surface area contributed by atoms with Gasteiger partial charge in [0.15, 0.2) is 11.5 Å². The van der Waals surface area contributed by atoms with E-state index in [1.54, 1.807) is 18.2 Å². The van der Waals surface area contributed by atoms with E-state index in [2.05, 4.69) is 10.0 Å². The number of amides is 1. The molecule has 0 unspecified atom stereocenters. The summed E-state index contributed by atoms with van der Waals surface area (Å²) in [5.74, 6) is 0.909. The van der Waals surface area contributed by atoms with Crippen molar-refractivity contribution in [2.75, 3.05) is 17.9 Å². The second-order valence-electron chi connectivity index (χ2n) is 7.38. The number of anilines is 1. The Morgan fingerprint density at radius 3 is 2.26 bits per heavy atom. The summed E-state index contributed by atoms with van der Waals surface area (Å²) in [5.41, 5.74) is 1.33. The first-order valence-electron chi connectivity index (χ1n) is 10.8. The molecule has 0 aliphatic rings. The highest BCUT2D eigenvalue weighted by atomic mass is 35.5. The summed E-state index contributed by atoms with van der Waals surface area (Å²) < 4.78 is 38.8. The van der Waals surface area contributed by atoms with Gasteiger partial charge in [-0.05, 0) is 68.8 Å². The quantitative estimate of drug-likeness (QED) is 0.385. The lowest BCUT2D eigenvalue weighted by atomic mass is 10.1. The average molecular weight is 503 g/mol. The van der Waals surface area contributed by atoms with Crippen molar-refractivity contribution in [1.29, 1.82) is 0 Å². The van der Waals surface area contributed by atoms with E-state index in [1.807, 2.05) is 39.0 Å². The molecule has 0 radical (unpaired) electrons. The fourth-order valence-corrected chi connectivity index (χ4v) is 4.63. The SMILES string of the molecule is CCOc1ccc([C@H](C)NC(=O)c2ccc(NS(=O)(=O)c3ccccc3)c(Cl)c2)cc1OCC. The van der Waals surface area contributed by atoms with Gasteiger partial charge in [-0.1, -0.05) is 35.9 Å². The molecule has 1 amide bonds. The van der Waals surface area contributed by atoms with Crippen molar-refractivity contribution in [3.8, 4) is 11.5 Å². The number of carbonyl (C=O) groups excluding carboxylic acids is 1. The Morgan fingerprint density at radius 1 is 0.941 bits per heavy atom. The first-order chi connectivity index (χ1) is 16.2. The minimum atomic E-state index is -3.80. The molecule has 0 aromatic heterocycles. The number of ether oxygens (including phenoxy) is 2. The maximum atomic E-state index is 12.8. The predicted octanol–water partition coefficient (Wildman–Crippen LogP) is 5.43. The standard InChI is InChI=1S/C25H27ClN2O5S/c1-4-32-23-14-12-18(16-24(23)33-5-2)17(3)27-25(29)19-11-13-22(21(26)15-19)28-34(30,31)20-9-7-6-8-10-20/h6-17,28H,4-5H2,1-3H3,(H,27,29)/t17-/m0/s1. The molecule has 3 rings (SSSR count). The number of halogens is 1. The van der Waals surface area contributed by atoms with Crippen molar-refractivity contribution in [1.82, 2.24) is 5.32 Å². The van der Waals surface area contributed by atoms with Crippen LogP contribution >= 0.6 is 11.6 Å². The third kappa shape index (κ3) is 6.21. The van der Waals surface area contributed by atoms with Crippen LogP contribution in [0.3, 0.4) is 0 Å². The Kier molecular flexibility index (Phi) is 8.41. The highest BCUT2D eigenvalue weighted by Crippen LogP contribution is 2.31. The Bertz CT molecular complexity index is 1250. The van der Waals surface area contributed by atoms with Gasteiger partial charge in [-0.15, -0.1) is 0 Å². The molecule has 7 nitrogen and oxygen atoms in total. The van der Waals surface area contributed by atoms with Gasteiger partial charge in [0.2, 0.25) is 0 Å². The molecule has 0 aliphatic heterocycles. The molecule has 9 heteroatoms. The largest absolute Gasteiger partial charge is 0.490 e. The number of carbonyl (C=O) groups is 1. The monoisotopic (exact) mass is 502 g/mol. The molecule has 0 fully saturated rings. The Morgan fingerprint density at radius 2 is 1.62 bits per heavy atom. The zero-order chi connectivity index (χ0) is 24.7. The Hall–Kier alpha value is -3.23. The van der Waals surface area contributed by atoms with Crippen LogP contribution in [0, 0.1) is 0 Å². The maximum Gasteiger partial charge on any atom is 0.261 e. The van der Waals surface area contributed by atoms with E-state index in [0.717, 1.165) is 5.56 Å². The van der Waals surface area contributed by atoms with Crippen LogP contribution in [0.15, 0.2) is 71.6 Å².